The van der Waals surface area contributed by atoms with E-state index in [4.69, 9.17) is 11.6 Å². The number of carbonyl (C=O) groups excluding carboxylic acids is 2. The molecule has 0 aliphatic rings. The molecule has 1 aromatic carbocycles. The SMILES string of the molecule is CC(=O)Nc1ccc(C(=O)N(C)Cc2cc([N+](=O)[O-])ccc2Cl)s1. The Balaban J connectivity index is 2.14. The highest BCUT2D eigenvalue weighted by Crippen LogP contribution is 2.26. The van der Waals surface area contributed by atoms with Crippen molar-refractivity contribution in [3.8, 4) is 0 Å². The van der Waals surface area contributed by atoms with Crippen LogP contribution in [0.4, 0.5) is 10.7 Å². The van der Waals surface area contributed by atoms with E-state index in [9.17, 15) is 19.7 Å². The molecular weight excluding hydrogens is 354 g/mol. The number of nitrogens with one attached hydrogen (secondary N) is 1. The van der Waals surface area contributed by atoms with Crippen LogP contribution in [0.3, 0.4) is 0 Å². The number of nitrogens with zero attached hydrogens (tertiary/aromatic N) is 2. The Morgan fingerprint density at radius 2 is 2.04 bits per heavy atom. The number of hydrogen-bond acceptors (Lipinski definition) is 5. The zero-order valence-corrected chi connectivity index (χ0v) is 14.5. The predicted octanol–water partition coefficient (Wildman–Crippen LogP) is 3.54. The van der Waals surface area contributed by atoms with Gasteiger partial charge in [-0.1, -0.05) is 11.6 Å². The number of benzene rings is 1. The number of nitro groups is 1. The molecule has 9 heteroatoms. The van der Waals surface area contributed by atoms with Crippen LogP contribution in [0.2, 0.25) is 5.02 Å². The van der Waals surface area contributed by atoms with Crippen molar-refractivity contribution in [3.63, 3.8) is 0 Å². The molecule has 0 fully saturated rings. The molecule has 0 unspecified atom stereocenters. The molecular formula is C15H14ClN3O4S. The summed E-state index contributed by atoms with van der Waals surface area (Å²) in [6.07, 6.45) is 0. The highest BCUT2D eigenvalue weighted by Gasteiger charge is 2.17. The standard InChI is InChI=1S/C15H14ClN3O4S/c1-9(20)17-14-6-5-13(24-14)15(21)18(2)8-10-7-11(19(22)23)3-4-12(10)16/h3-7H,8H2,1-2H3,(H,17,20). The van der Waals surface area contributed by atoms with Crippen LogP contribution in [0.15, 0.2) is 30.3 Å². The van der Waals surface area contributed by atoms with Crippen LogP contribution in [0, 0.1) is 10.1 Å². The van der Waals surface area contributed by atoms with E-state index in [0.29, 0.717) is 20.5 Å². The van der Waals surface area contributed by atoms with Gasteiger partial charge in [0.05, 0.1) is 14.8 Å². The number of rotatable bonds is 5. The summed E-state index contributed by atoms with van der Waals surface area (Å²) >= 11 is 7.21. The first kappa shape index (κ1) is 17.9. The molecule has 2 rings (SSSR count). The second-order valence-corrected chi connectivity index (χ2v) is 6.53. The van der Waals surface area contributed by atoms with Crippen LogP contribution < -0.4 is 5.32 Å². The first-order chi connectivity index (χ1) is 11.3. The molecule has 7 nitrogen and oxygen atoms in total. The second kappa shape index (κ2) is 7.41. The van der Waals surface area contributed by atoms with E-state index in [2.05, 4.69) is 5.32 Å². The zero-order chi connectivity index (χ0) is 17.9. The van der Waals surface area contributed by atoms with Crippen LogP contribution in [0.1, 0.15) is 22.2 Å². The summed E-state index contributed by atoms with van der Waals surface area (Å²) in [6, 6.07) is 7.36. The van der Waals surface area contributed by atoms with Crippen molar-refractivity contribution in [1.29, 1.82) is 0 Å². The van der Waals surface area contributed by atoms with Gasteiger partial charge < -0.3 is 10.2 Å². The van der Waals surface area contributed by atoms with E-state index < -0.39 is 4.92 Å². The van der Waals surface area contributed by atoms with Crippen molar-refractivity contribution in [2.45, 2.75) is 13.5 Å². The third kappa shape index (κ3) is 4.30. The van der Waals surface area contributed by atoms with Crippen molar-refractivity contribution in [2.24, 2.45) is 0 Å². The third-order valence-corrected chi connectivity index (χ3v) is 4.47. The van der Waals surface area contributed by atoms with Gasteiger partial charge in [-0.3, -0.25) is 19.7 Å². The Kier molecular flexibility index (Phi) is 5.53. The Morgan fingerprint density at radius 1 is 1.33 bits per heavy atom. The summed E-state index contributed by atoms with van der Waals surface area (Å²) < 4.78 is 0. The molecule has 1 aromatic heterocycles. The van der Waals surface area contributed by atoms with E-state index >= 15 is 0 Å². The number of anilines is 1. The minimum absolute atomic E-state index is 0.0840. The minimum Gasteiger partial charge on any atom is -0.337 e. The van der Waals surface area contributed by atoms with E-state index in [1.165, 1.54) is 30.0 Å². The maximum atomic E-state index is 12.4. The van der Waals surface area contributed by atoms with Gasteiger partial charge in [0, 0.05) is 37.7 Å². The molecule has 2 aromatic rings. The van der Waals surface area contributed by atoms with Gasteiger partial charge in [-0.05, 0) is 23.8 Å². The lowest BCUT2D eigenvalue weighted by molar-refractivity contribution is -0.384. The normalized spacial score (nSPS) is 10.3. The van der Waals surface area contributed by atoms with Crippen molar-refractivity contribution >= 4 is 45.4 Å². The van der Waals surface area contributed by atoms with Gasteiger partial charge in [0.1, 0.15) is 0 Å². The highest BCUT2D eigenvalue weighted by atomic mass is 35.5. The zero-order valence-electron chi connectivity index (χ0n) is 12.9. The first-order valence-corrected chi connectivity index (χ1v) is 8.03. The number of amides is 2. The average Bonchev–Trinajstić information content (AvgIpc) is 2.95. The summed E-state index contributed by atoms with van der Waals surface area (Å²) in [5.74, 6) is -0.480. The van der Waals surface area contributed by atoms with Crippen molar-refractivity contribution in [1.82, 2.24) is 4.90 Å². The van der Waals surface area contributed by atoms with Gasteiger partial charge in [0.25, 0.3) is 11.6 Å². The lowest BCUT2D eigenvalue weighted by Gasteiger charge is -2.17. The summed E-state index contributed by atoms with van der Waals surface area (Å²) in [5.41, 5.74) is 0.402. The van der Waals surface area contributed by atoms with Crippen LogP contribution in [-0.2, 0) is 11.3 Å². The number of carbonyl (C=O) groups is 2. The van der Waals surface area contributed by atoms with Crippen molar-refractivity contribution in [3.05, 3.63) is 55.9 Å². The number of thiophene rings is 1. The molecule has 0 spiro atoms. The van der Waals surface area contributed by atoms with E-state index in [1.54, 1.807) is 19.2 Å². The van der Waals surface area contributed by atoms with Gasteiger partial charge in [-0.25, -0.2) is 0 Å². The first-order valence-electron chi connectivity index (χ1n) is 6.83. The predicted molar refractivity (Wildman–Crippen MR) is 92.5 cm³/mol. The van der Waals surface area contributed by atoms with Crippen LogP contribution >= 0.6 is 22.9 Å². The van der Waals surface area contributed by atoms with Gasteiger partial charge in [0.15, 0.2) is 0 Å². The summed E-state index contributed by atoms with van der Waals surface area (Å²) in [5, 5.41) is 14.4. The van der Waals surface area contributed by atoms with Crippen LogP contribution in [-0.4, -0.2) is 28.7 Å². The van der Waals surface area contributed by atoms with Gasteiger partial charge >= 0.3 is 0 Å². The van der Waals surface area contributed by atoms with Crippen LogP contribution in [0.25, 0.3) is 0 Å². The molecule has 0 aliphatic heterocycles. The molecule has 0 atom stereocenters. The quantitative estimate of drug-likeness (QED) is 0.646. The number of hydrogen-bond donors (Lipinski definition) is 1. The van der Waals surface area contributed by atoms with Crippen molar-refractivity contribution < 1.29 is 14.5 Å². The molecule has 0 aliphatic carbocycles. The fourth-order valence-corrected chi connectivity index (χ4v) is 3.13. The Hall–Kier alpha value is -2.45. The second-order valence-electron chi connectivity index (χ2n) is 5.04. The van der Waals surface area contributed by atoms with Gasteiger partial charge in [-0.2, -0.15) is 0 Å². The topological polar surface area (TPSA) is 92.6 Å². The summed E-state index contributed by atoms with van der Waals surface area (Å²) in [4.78, 5) is 35.6. The van der Waals surface area contributed by atoms with E-state index in [0.717, 1.165) is 11.3 Å². The van der Waals surface area contributed by atoms with Crippen molar-refractivity contribution in [2.75, 3.05) is 12.4 Å². The van der Waals surface area contributed by atoms with E-state index in [1.807, 2.05) is 0 Å². The highest BCUT2D eigenvalue weighted by molar-refractivity contribution is 7.18. The lowest BCUT2D eigenvalue weighted by Crippen LogP contribution is -2.25. The smallest absolute Gasteiger partial charge is 0.269 e. The molecule has 1 N–H and O–H groups in total. The molecule has 0 saturated heterocycles. The maximum Gasteiger partial charge on any atom is 0.269 e. The average molecular weight is 368 g/mol. The minimum atomic E-state index is -0.513. The molecule has 0 saturated carbocycles. The Labute approximate surface area is 147 Å². The molecule has 0 bridgehead atoms. The fraction of sp³-hybridized carbons (Fsp3) is 0.200. The molecule has 126 valence electrons. The van der Waals surface area contributed by atoms with Gasteiger partial charge in [0.2, 0.25) is 5.91 Å². The van der Waals surface area contributed by atoms with Gasteiger partial charge in [-0.15, -0.1) is 11.3 Å². The number of non-ortho nitro benzene ring substituents is 1. The lowest BCUT2D eigenvalue weighted by atomic mass is 10.2. The molecule has 1 heterocycles. The molecule has 2 amide bonds. The largest absolute Gasteiger partial charge is 0.337 e. The number of halogens is 1. The molecule has 24 heavy (non-hydrogen) atoms. The number of nitro benzene ring substituents is 1. The Morgan fingerprint density at radius 3 is 2.67 bits per heavy atom. The summed E-state index contributed by atoms with van der Waals surface area (Å²) in [6.45, 7) is 1.52. The Bertz CT molecular complexity index is 806. The molecule has 0 radical (unpaired) electrons. The monoisotopic (exact) mass is 367 g/mol. The van der Waals surface area contributed by atoms with E-state index in [-0.39, 0.29) is 24.0 Å². The maximum absolute atomic E-state index is 12.4. The fourth-order valence-electron chi connectivity index (χ4n) is 2.00. The van der Waals surface area contributed by atoms with Crippen LogP contribution in [0.5, 0.6) is 0 Å². The third-order valence-electron chi connectivity index (χ3n) is 3.11. The summed E-state index contributed by atoms with van der Waals surface area (Å²) in [7, 11) is 1.58.